The summed E-state index contributed by atoms with van der Waals surface area (Å²) in [6, 6.07) is 0. The summed E-state index contributed by atoms with van der Waals surface area (Å²) in [4.78, 5) is 53.2. The van der Waals surface area contributed by atoms with E-state index in [0.29, 0.717) is 25.8 Å². The molecule has 0 aromatic rings. The smallest absolute Gasteiger partial charge is 0.303 e. The molecule has 214 valence electrons. The van der Waals surface area contributed by atoms with Crippen LogP contribution in [0.5, 0.6) is 0 Å². The van der Waals surface area contributed by atoms with Crippen LogP contribution in [0.1, 0.15) is 47.5 Å². The molecule has 0 aromatic carbocycles. The highest BCUT2D eigenvalue weighted by molar-refractivity contribution is 6.12. The van der Waals surface area contributed by atoms with Gasteiger partial charge in [0, 0.05) is 67.8 Å². The third-order valence-corrected chi connectivity index (χ3v) is 7.87. The minimum Gasteiger partial charge on any atom is -0.504 e. The Morgan fingerprint density at radius 1 is 1.21 bits per heavy atom. The molecule has 9 heteroatoms. The summed E-state index contributed by atoms with van der Waals surface area (Å²) in [5.74, 6) is -2.78. The van der Waals surface area contributed by atoms with Gasteiger partial charge in [-0.25, -0.2) is 0 Å². The van der Waals surface area contributed by atoms with Crippen molar-refractivity contribution >= 4 is 23.8 Å². The van der Waals surface area contributed by atoms with Crippen LogP contribution in [0, 0.1) is 16.7 Å². The summed E-state index contributed by atoms with van der Waals surface area (Å²) in [5.41, 5.74) is -2.43. The van der Waals surface area contributed by atoms with E-state index < -0.39 is 46.5 Å². The molecule has 3 unspecified atom stereocenters. The van der Waals surface area contributed by atoms with E-state index in [1.54, 1.807) is 44.7 Å². The molecule has 0 amide bonds. The number of rotatable bonds is 13. The number of carbonyl (C=O) groups is 4. The average molecular weight is 544 g/mol. The van der Waals surface area contributed by atoms with Crippen LogP contribution in [-0.4, -0.2) is 77.9 Å². The molecule has 2 rings (SSSR count). The normalized spacial score (nSPS) is 24.9. The van der Waals surface area contributed by atoms with Crippen LogP contribution in [0.2, 0.25) is 0 Å². The molecule has 0 aliphatic heterocycles. The van der Waals surface area contributed by atoms with Crippen LogP contribution in [-0.2, 0) is 28.7 Å². The van der Waals surface area contributed by atoms with E-state index in [0.717, 1.165) is 0 Å². The third-order valence-electron chi connectivity index (χ3n) is 7.87. The maximum atomic E-state index is 14.0. The Hall–Kier alpha value is -3.30. The van der Waals surface area contributed by atoms with Gasteiger partial charge in [0.25, 0.3) is 0 Å². The van der Waals surface area contributed by atoms with E-state index in [4.69, 9.17) is 9.47 Å². The molecular weight excluding hydrogens is 502 g/mol. The fourth-order valence-electron chi connectivity index (χ4n) is 5.95. The lowest BCUT2D eigenvalue weighted by Gasteiger charge is -2.46. The Morgan fingerprint density at radius 2 is 1.79 bits per heavy atom. The Morgan fingerprint density at radius 3 is 2.23 bits per heavy atom. The number of carbonyl (C=O) groups excluding carboxylic acids is 4. The highest BCUT2D eigenvalue weighted by atomic mass is 16.5. The van der Waals surface area contributed by atoms with Crippen molar-refractivity contribution in [1.29, 1.82) is 0 Å². The van der Waals surface area contributed by atoms with Gasteiger partial charge in [-0.2, -0.15) is 0 Å². The fraction of sp³-hybridized carbons (Fsp3) is 0.533. The van der Waals surface area contributed by atoms with Crippen molar-refractivity contribution in [3.63, 3.8) is 0 Å². The van der Waals surface area contributed by atoms with Crippen molar-refractivity contribution in [1.82, 2.24) is 4.90 Å². The van der Waals surface area contributed by atoms with Crippen LogP contribution < -0.4 is 0 Å². The lowest BCUT2D eigenvalue weighted by molar-refractivity contribution is -0.145. The largest absolute Gasteiger partial charge is 0.504 e. The summed E-state index contributed by atoms with van der Waals surface area (Å²) < 4.78 is 10.8. The third kappa shape index (κ3) is 5.99. The van der Waals surface area contributed by atoms with Crippen LogP contribution in [0.4, 0.5) is 0 Å². The molecule has 39 heavy (non-hydrogen) atoms. The average Bonchev–Trinajstić information content (AvgIpc) is 3.12. The quantitative estimate of drug-likeness (QED) is 0.155. The van der Waals surface area contributed by atoms with Crippen LogP contribution in [0.3, 0.4) is 0 Å². The molecule has 0 radical (unpaired) electrons. The second kappa shape index (κ2) is 12.7. The Balaban J connectivity index is 3.03. The molecule has 0 spiro atoms. The highest BCUT2D eigenvalue weighted by Crippen LogP contribution is 2.55. The van der Waals surface area contributed by atoms with Gasteiger partial charge in [0.2, 0.25) is 5.78 Å². The molecule has 0 bridgehead atoms. The number of hydrogen-bond donors (Lipinski definition) is 2. The van der Waals surface area contributed by atoms with E-state index in [2.05, 4.69) is 13.2 Å². The van der Waals surface area contributed by atoms with Gasteiger partial charge in [0.15, 0.2) is 12.0 Å². The molecule has 2 aliphatic carbocycles. The molecule has 0 saturated heterocycles. The summed E-state index contributed by atoms with van der Waals surface area (Å²) >= 11 is 0. The maximum Gasteiger partial charge on any atom is 0.303 e. The van der Waals surface area contributed by atoms with Gasteiger partial charge in [-0.05, 0) is 25.8 Å². The van der Waals surface area contributed by atoms with Crippen molar-refractivity contribution in [3.05, 3.63) is 59.6 Å². The van der Waals surface area contributed by atoms with E-state index in [1.807, 2.05) is 0 Å². The predicted molar refractivity (Wildman–Crippen MR) is 147 cm³/mol. The number of hydrogen-bond acceptors (Lipinski definition) is 9. The molecule has 0 heterocycles. The standard InChI is InChI=1S/C30H41NO8/c1-9-13-31(14-10-2)15-20(16-32)26-28(37)27(36)24(21-11-12-22(34)29(21,5)6)25(18(3)39-19(4)33)30(26,7)23(35)17-38-8/h9-10,15-16,18,21,23,35,37H,1-2,11-14,17H2,3-8H3/b20-15+/t18?,21?,23?,30-/m1/s1. The van der Waals surface area contributed by atoms with Crippen molar-refractivity contribution < 1.29 is 38.9 Å². The summed E-state index contributed by atoms with van der Waals surface area (Å²) in [6.07, 6.45) is 3.35. The second-order valence-electron chi connectivity index (χ2n) is 10.8. The number of aliphatic hydroxyl groups excluding tert-OH is 2. The van der Waals surface area contributed by atoms with Crippen molar-refractivity contribution in [3.8, 4) is 0 Å². The van der Waals surface area contributed by atoms with Crippen LogP contribution in [0.15, 0.2) is 59.6 Å². The summed E-state index contributed by atoms with van der Waals surface area (Å²) in [5, 5.41) is 23.1. The first-order chi connectivity index (χ1) is 18.2. The molecule has 9 nitrogen and oxygen atoms in total. The van der Waals surface area contributed by atoms with Crippen molar-refractivity contribution in [2.45, 2.75) is 59.7 Å². The highest BCUT2D eigenvalue weighted by Gasteiger charge is 2.56. The molecular formula is C30H41NO8. The number of ketones is 2. The number of nitrogens with zero attached hydrogens (tertiary/aromatic N) is 1. The van der Waals surface area contributed by atoms with E-state index in [9.17, 15) is 29.4 Å². The van der Waals surface area contributed by atoms with E-state index >= 15 is 0 Å². The lowest BCUT2D eigenvalue weighted by atomic mass is 9.59. The number of ether oxygens (including phenoxy) is 2. The number of aldehydes is 1. The van der Waals surface area contributed by atoms with E-state index in [-0.39, 0.29) is 41.1 Å². The zero-order valence-electron chi connectivity index (χ0n) is 23.8. The van der Waals surface area contributed by atoms with Crippen LogP contribution >= 0.6 is 0 Å². The van der Waals surface area contributed by atoms with Gasteiger partial charge in [0.05, 0.1) is 18.1 Å². The first-order valence-electron chi connectivity index (χ1n) is 13.0. The summed E-state index contributed by atoms with van der Waals surface area (Å²) in [6.45, 7) is 15.7. The molecule has 1 fully saturated rings. The van der Waals surface area contributed by atoms with Gasteiger partial charge < -0.3 is 24.6 Å². The number of esters is 1. The van der Waals surface area contributed by atoms with E-state index in [1.165, 1.54) is 20.2 Å². The van der Waals surface area contributed by atoms with Gasteiger partial charge >= 0.3 is 5.97 Å². The van der Waals surface area contributed by atoms with Gasteiger partial charge in [-0.15, -0.1) is 13.2 Å². The van der Waals surface area contributed by atoms with Gasteiger partial charge in [0.1, 0.15) is 11.9 Å². The Labute approximate surface area is 230 Å². The van der Waals surface area contributed by atoms with Gasteiger partial charge in [-0.3, -0.25) is 19.2 Å². The summed E-state index contributed by atoms with van der Waals surface area (Å²) in [7, 11) is 1.38. The number of Topliss-reactive ketones (excluding diaryl/α,β-unsaturated/α-hetero) is 2. The zero-order chi connectivity index (χ0) is 29.7. The monoisotopic (exact) mass is 543 g/mol. The topological polar surface area (TPSA) is 130 Å². The Bertz CT molecular complexity index is 1120. The molecule has 0 aromatic heterocycles. The first-order valence-corrected chi connectivity index (χ1v) is 13.0. The van der Waals surface area contributed by atoms with Crippen molar-refractivity contribution in [2.75, 3.05) is 26.8 Å². The Kier molecular flexibility index (Phi) is 10.4. The molecule has 4 atom stereocenters. The predicted octanol–water partition coefficient (Wildman–Crippen LogP) is 3.41. The SMILES string of the molecule is C=CCN(/C=C(\C=O)C1=C(O)C(=O)C(C2CCC(=O)C2(C)C)=C(C(C)OC(C)=O)[C@@]1(C)C(O)COC)CC=C. The van der Waals surface area contributed by atoms with Crippen LogP contribution in [0.25, 0.3) is 0 Å². The first kappa shape index (κ1) is 31.9. The number of allylic oxidation sites excluding steroid dienone is 2. The minimum absolute atomic E-state index is 0.0429. The molecule has 1 saturated carbocycles. The maximum absolute atomic E-state index is 14.0. The molecule has 2 aliphatic rings. The minimum atomic E-state index is -1.62. The van der Waals surface area contributed by atoms with Crippen molar-refractivity contribution in [2.24, 2.45) is 16.7 Å². The second-order valence-corrected chi connectivity index (χ2v) is 10.8. The number of aliphatic hydroxyl groups is 2. The molecule has 2 N–H and O–H groups in total. The van der Waals surface area contributed by atoms with Gasteiger partial charge in [-0.1, -0.05) is 26.0 Å². The zero-order valence-corrected chi connectivity index (χ0v) is 23.8. The number of methoxy groups -OCH3 is 1. The lowest BCUT2D eigenvalue weighted by Crippen LogP contribution is -2.49. The fourth-order valence-corrected chi connectivity index (χ4v) is 5.95.